The molecule has 0 aliphatic carbocycles. The molecule has 0 aliphatic rings. The van der Waals surface area contributed by atoms with E-state index in [1.54, 1.807) is 7.11 Å². The molecule has 8 nitrogen and oxygen atoms in total. The van der Waals surface area contributed by atoms with Crippen LogP contribution in [0, 0.1) is 24.0 Å². The van der Waals surface area contributed by atoms with Crippen LogP contribution in [0.3, 0.4) is 0 Å². The van der Waals surface area contributed by atoms with Crippen molar-refractivity contribution < 1.29 is 9.66 Å². The van der Waals surface area contributed by atoms with Gasteiger partial charge in [-0.15, -0.1) is 0 Å². The summed E-state index contributed by atoms with van der Waals surface area (Å²) < 4.78 is 4.92. The summed E-state index contributed by atoms with van der Waals surface area (Å²) in [6.45, 7) is 4.81. The highest BCUT2D eigenvalue weighted by molar-refractivity contribution is 5.73. The number of rotatable bonds is 7. The van der Waals surface area contributed by atoms with Gasteiger partial charge in [0.05, 0.1) is 11.5 Å². The van der Waals surface area contributed by atoms with E-state index in [1.807, 2.05) is 32.0 Å². The van der Waals surface area contributed by atoms with E-state index in [-0.39, 0.29) is 17.3 Å². The highest BCUT2D eigenvalue weighted by atomic mass is 16.6. The molecule has 1 aromatic carbocycles. The average molecular weight is 317 g/mol. The van der Waals surface area contributed by atoms with Crippen molar-refractivity contribution in [1.82, 2.24) is 9.97 Å². The molecule has 1 heterocycles. The van der Waals surface area contributed by atoms with Gasteiger partial charge >= 0.3 is 5.69 Å². The van der Waals surface area contributed by atoms with Crippen molar-refractivity contribution in [3.05, 3.63) is 45.8 Å². The van der Waals surface area contributed by atoms with Crippen molar-refractivity contribution in [2.24, 2.45) is 0 Å². The minimum atomic E-state index is -0.501. The van der Waals surface area contributed by atoms with Crippen molar-refractivity contribution in [3.63, 3.8) is 0 Å². The smallest absolute Gasteiger partial charge is 0.353 e. The number of hydrogen-bond acceptors (Lipinski definition) is 7. The summed E-state index contributed by atoms with van der Waals surface area (Å²) in [5.74, 6) is 0.307. The molecule has 0 saturated carbocycles. The summed E-state index contributed by atoms with van der Waals surface area (Å²) >= 11 is 0. The Kier molecular flexibility index (Phi) is 5.42. The van der Waals surface area contributed by atoms with Gasteiger partial charge in [0.1, 0.15) is 6.33 Å². The highest BCUT2D eigenvalue weighted by Gasteiger charge is 2.22. The predicted octanol–water partition coefficient (Wildman–Crippen LogP) is 2.80. The Balaban J connectivity index is 2.31. The molecule has 2 rings (SSSR count). The van der Waals surface area contributed by atoms with Crippen LogP contribution in [0.4, 0.5) is 23.0 Å². The Morgan fingerprint density at radius 2 is 1.96 bits per heavy atom. The lowest BCUT2D eigenvalue weighted by atomic mass is 10.1. The largest absolute Gasteiger partial charge is 0.383 e. The third-order valence-corrected chi connectivity index (χ3v) is 3.37. The fourth-order valence-corrected chi connectivity index (χ4v) is 2.00. The monoisotopic (exact) mass is 317 g/mol. The Bertz CT molecular complexity index is 706. The van der Waals surface area contributed by atoms with Gasteiger partial charge in [-0.1, -0.05) is 6.07 Å². The van der Waals surface area contributed by atoms with E-state index in [0.717, 1.165) is 16.8 Å². The molecule has 0 fully saturated rings. The predicted molar refractivity (Wildman–Crippen MR) is 88.3 cm³/mol. The number of aryl methyl sites for hydroxylation is 2. The van der Waals surface area contributed by atoms with Crippen molar-refractivity contribution in [3.8, 4) is 0 Å². The van der Waals surface area contributed by atoms with Crippen LogP contribution in [0.25, 0.3) is 0 Å². The summed E-state index contributed by atoms with van der Waals surface area (Å²) in [7, 11) is 1.56. The van der Waals surface area contributed by atoms with Crippen LogP contribution in [0.1, 0.15) is 11.1 Å². The summed E-state index contributed by atoms with van der Waals surface area (Å²) in [6.07, 6.45) is 1.28. The van der Waals surface area contributed by atoms with Crippen LogP contribution in [0.2, 0.25) is 0 Å². The lowest BCUT2D eigenvalue weighted by molar-refractivity contribution is -0.383. The fourth-order valence-electron chi connectivity index (χ4n) is 2.00. The maximum atomic E-state index is 11.4. The van der Waals surface area contributed by atoms with Crippen molar-refractivity contribution in [2.75, 3.05) is 30.9 Å². The van der Waals surface area contributed by atoms with Gasteiger partial charge in [0.2, 0.25) is 11.6 Å². The maximum Gasteiger partial charge on any atom is 0.353 e. The van der Waals surface area contributed by atoms with E-state index in [9.17, 15) is 10.1 Å². The molecule has 1 aromatic heterocycles. The maximum absolute atomic E-state index is 11.4. The zero-order chi connectivity index (χ0) is 16.8. The Morgan fingerprint density at radius 3 is 2.61 bits per heavy atom. The quantitative estimate of drug-likeness (QED) is 0.460. The Hall–Kier alpha value is -2.74. The Morgan fingerprint density at radius 1 is 1.22 bits per heavy atom. The highest BCUT2D eigenvalue weighted by Crippen LogP contribution is 2.31. The van der Waals surface area contributed by atoms with E-state index in [1.165, 1.54) is 6.33 Å². The first-order chi connectivity index (χ1) is 11.0. The van der Waals surface area contributed by atoms with Gasteiger partial charge in [-0.05, 0) is 37.1 Å². The minimum Gasteiger partial charge on any atom is -0.383 e. The number of nitro groups is 1. The topological polar surface area (TPSA) is 102 Å². The number of aromatic nitrogens is 2. The summed E-state index contributed by atoms with van der Waals surface area (Å²) in [4.78, 5) is 18.8. The molecular formula is C15H19N5O3. The molecule has 8 heteroatoms. The number of anilines is 3. The lowest BCUT2D eigenvalue weighted by Gasteiger charge is -2.11. The number of methoxy groups -OCH3 is 1. The number of nitrogens with one attached hydrogen (secondary N) is 2. The number of benzene rings is 1. The van der Waals surface area contributed by atoms with Gasteiger partial charge in [0, 0.05) is 19.3 Å². The number of hydrogen-bond donors (Lipinski definition) is 2. The van der Waals surface area contributed by atoms with Crippen LogP contribution in [0.5, 0.6) is 0 Å². The van der Waals surface area contributed by atoms with Gasteiger partial charge in [-0.25, -0.2) is 9.97 Å². The zero-order valence-corrected chi connectivity index (χ0v) is 13.3. The van der Waals surface area contributed by atoms with Crippen LogP contribution >= 0.6 is 0 Å². The van der Waals surface area contributed by atoms with E-state index in [0.29, 0.717) is 13.2 Å². The van der Waals surface area contributed by atoms with Gasteiger partial charge < -0.3 is 15.4 Å². The molecule has 0 bridgehead atoms. The van der Waals surface area contributed by atoms with Gasteiger partial charge in [0.15, 0.2) is 0 Å². The fraction of sp³-hybridized carbons (Fsp3) is 0.333. The number of nitrogens with zero attached hydrogens (tertiary/aromatic N) is 3. The molecule has 0 unspecified atom stereocenters. The third kappa shape index (κ3) is 4.13. The molecule has 0 atom stereocenters. The van der Waals surface area contributed by atoms with Gasteiger partial charge in [-0.2, -0.15) is 0 Å². The van der Waals surface area contributed by atoms with Crippen LogP contribution in [0.15, 0.2) is 24.5 Å². The second kappa shape index (κ2) is 7.50. The van der Waals surface area contributed by atoms with E-state index >= 15 is 0 Å². The first-order valence-corrected chi connectivity index (χ1v) is 7.09. The molecule has 0 saturated heterocycles. The second-order valence-corrected chi connectivity index (χ2v) is 5.02. The van der Waals surface area contributed by atoms with E-state index in [2.05, 4.69) is 20.6 Å². The van der Waals surface area contributed by atoms with Crippen LogP contribution in [-0.2, 0) is 4.74 Å². The summed E-state index contributed by atoms with van der Waals surface area (Å²) in [5, 5.41) is 17.3. The van der Waals surface area contributed by atoms with E-state index < -0.39 is 4.92 Å². The summed E-state index contributed by atoms with van der Waals surface area (Å²) in [6, 6.07) is 5.72. The Labute approximate surface area is 134 Å². The average Bonchev–Trinajstić information content (AvgIpc) is 2.51. The minimum absolute atomic E-state index is 0.146. The molecule has 0 radical (unpaired) electrons. The molecule has 0 aliphatic heterocycles. The molecule has 2 N–H and O–H groups in total. The lowest BCUT2D eigenvalue weighted by Crippen LogP contribution is -2.12. The van der Waals surface area contributed by atoms with Gasteiger partial charge in [0.25, 0.3) is 0 Å². The SMILES string of the molecule is COCCNc1ncnc(Nc2ccc(C)c(C)c2)c1[N+](=O)[O-]. The standard InChI is InChI=1S/C15H19N5O3/c1-10-4-5-12(8-11(10)2)19-15-13(20(21)22)14(17-9-18-15)16-6-7-23-3/h4-5,8-9H,6-7H2,1-3H3,(H2,16,17,18,19). The summed E-state index contributed by atoms with van der Waals surface area (Å²) in [5.41, 5.74) is 2.78. The molecule has 2 aromatic rings. The molecular weight excluding hydrogens is 298 g/mol. The molecule has 23 heavy (non-hydrogen) atoms. The second-order valence-electron chi connectivity index (χ2n) is 5.02. The van der Waals surface area contributed by atoms with Crippen LogP contribution < -0.4 is 10.6 Å². The normalized spacial score (nSPS) is 10.4. The molecule has 0 amide bonds. The first-order valence-electron chi connectivity index (χ1n) is 7.09. The van der Waals surface area contributed by atoms with Crippen molar-refractivity contribution in [1.29, 1.82) is 0 Å². The molecule has 0 spiro atoms. The first kappa shape index (κ1) is 16.6. The van der Waals surface area contributed by atoms with Gasteiger partial charge in [-0.3, -0.25) is 10.1 Å². The third-order valence-electron chi connectivity index (χ3n) is 3.37. The number of ether oxygens (including phenoxy) is 1. The zero-order valence-electron chi connectivity index (χ0n) is 13.3. The van der Waals surface area contributed by atoms with E-state index in [4.69, 9.17) is 4.74 Å². The van der Waals surface area contributed by atoms with Crippen molar-refractivity contribution >= 4 is 23.0 Å². The van der Waals surface area contributed by atoms with Crippen molar-refractivity contribution in [2.45, 2.75) is 13.8 Å². The van der Waals surface area contributed by atoms with Crippen LogP contribution in [-0.4, -0.2) is 35.2 Å². The molecule has 122 valence electrons.